The van der Waals surface area contributed by atoms with Gasteiger partial charge in [0.15, 0.2) is 5.69 Å². The average Bonchev–Trinajstić information content (AvgIpc) is 2.87. The molecule has 2 rings (SSSR count). The third kappa shape index (κ3) is 3.55. The minimum absolute atomic E-state index is 0.0874. The van der Waals surface area contributed by atoms with Gasteiger partial charge < -0.3 is 9.84 Å². The van der Waals surface area contributed by atoms with Crippen LogP contribution in [0.1, 0.15) is 22.9 Å². The fraction of sp³-hybridized carbons (Fsp3) is 0.357. The number of nitrogens with zero attached hydrogens (tertiary/aromatic N) is 2. The minimum Gasteiger partial charge on any atom is -0.496 e. The van der Waals surface area contributed by atoms with Crippen molar-refractivity contribution in [2.24, 2.45) is 0 Å². The van der Waals surface area contributed by atoms with Crippen LogP contribution in [0, 0.1) is 6.92 Å². The van der Waals surface area contributed by atoms with Gasteiger partial charge in [-0.05, 0) is 25.1 Å². The first-order valence-corrected chi connectivity index (χ1v) is 6.24. The summed E-state index contributed by atoms with van der Waals surface area (Å²) < 4.78 is 43.6. The number of halogens is 3. The van der Waals surface area contributed by atoms with Gasteiger partial charge in [-0.1, -0.05) is 11.6 Å². The van der Waals surface area contributed by atoms with E-state index < -0.39 is 18.0 Å². The van der Waals surface area contributed by atoms with Crippen molar-refractivity contribution in [1.82, 2.24) is 9.78 Å². The topological polar surface area (TPSA) is 47.3 Å². The number of hydrogen-bond donors (Lipinski definition) is 1. The van der Waals surface area contributed by atoms with E-state index in [0.717, 1.165) is 16.3 Å². The number of aliphatic hydroxyl groups excluding tert-OH is 1. The zero-order valence-corrected chi connectivity index (χ0v) is 11.6. The first-order valence-electron chi connectivity index (χ1n) is 6.24. The van der Waals surface area contributed by atoms with Crippen molar-refractivity contribution in [3.05, 3.63) is 47.3 Å². The minimum atomic E-state index is -4.49. The molecule has 0 aliphatic rings. The molecule has 2 aromatic rings. The molecule has 0 amide bonds. The van der Waals surface area contributed by atoms with E-state index in [0.29, 0.717) is 11.3 Å². The summed E-state index contributed by atoms with van der Waals surface area (Å²) in [5.41, 5.74) is 0.453. The summed E-state index contributed by atoms with van der Waals surface area (Å²) in [5, 5.41) is 13.6. The number of aliphatic hydroxyl groups is 1. The third-order valence-electron chi connectivity index (χ3n) is 3.04. The van der Waals surface area contributed by atoms with Crippen molar-refractivity contribution in [3.63, 3.8) is 0 Å². The molecule has 114 valence electrons. The Bertz CT molecular complexity index is 623. The predicted molar refractivity (Wildman–Crippen MR) is 69.9 cm³/mol. The number of aryl methyl sites for hydroxylation is 1. The van der Waals surface area contributed by atoms with Crippen LogP contribution in [0.4, 0.5) is 13.2 Å². The molecular weight excluding hydrogens is 285 g/mol. The van der Waals surface area contributed by atoms with E-state index in [1.165, 1.54) is 13.3 Å². The Hall–Kier alpha value is -2.02. The van der Waals surface area contributed by atoms with Crippen LogP contribution >= 0.6 is 0 Å². The first kappa shape index (κ1) is 15.4. The van der Waals surface area contributed by atoms with E-state index in [1.54, 1.807) is 12.1 Å². The number of aromatic nitrogens is 2. The normalized spacial score (nSPS) is 13.2. The summed E-state index contributed by atoms with van der Waals surface area (Å²) in [5.74, 6) is 0.483. The monoisotopic (exact) mass is 300 g/mol. The second-order valence-electron chi connectivity index (χ2n) is 4.68. The molecule has 21 heavy (non-hydrogen) atoms. The van der Waals surface area contributed by atoms with Crippen LogP contribution in [0.5, 0.6) is 5.75 Å². The van der Waals surface area contributed by atoms with Gasteiger partial charge in [0.1, 0.15) is 11.9 Å². The molecule has 1 aromatic heterocycles. The Morgan fingerprint density at radius 2 is 2.05 bits per heavy atom. The molecule has 0 bridgehead atoms. The number of alkyl halides is 3. The van der Waals surface area contributed by atoms with Crippen molar-refractivity contribution in [1.29, 1.82) is 0 Å². The van der Waals surface area contributed by atoms with Crippen LogP contribution in [-0.4, -0.2) is 22.0 Å². The molecule has 0 saturated heterocycles. The van der Waals surface area contributed by atoms with Gasteiger partial charge in [0, 0.05) is 11.8 Å². The maximum atomic E-state index is 12.5. The van der Waals surface area contributed by atoms with Gasteiger partial charge in [-0.15, -0.1) is 0 Å². The van der Waals surface area contributed by atoms with E-state index in [-0.39, 0.29) is 6.54 Å². The fourth-order valence-electron chi connectivity index (χ4n) is 2.00. The van der Waals surface area contributed by atoms with Crippen molar-refractivity contribution < 1.29 is 23.0 Å². The largest absolute Gasteiger partial charge is 0.496 e. The Balaban J connectivity index is 2.20. The van der Waals surface area contributed by atoms with Gasteiger partial charge >= 0.3 is 6.18 Å². The maximum Gasteiger partial charge on any atom is 0.435 e. The molecule has 1 N–H and O–H groups in total. The Labute approximate surface area is 119 Å². The van der Waals surface area contributed by atoms with Gasteiger partial charge in [-0.3, -0.25) is 4.68 Å². The SMILES string of the molecule is COc1ccc(C)cc1C(O)Cn1ccc(C(F)(F)F)n1. The molecule has 1 heterocycles. The highest BCUT2D eigenvalue weighted by molar-refractivity contribution is 5.38. The van der Waals surface area contributed by atoms with Crippen LogP contribution in [0.3, 0.4) is 0 Å². The Morgan fingerprint density at radius 1 is 1.33 bits per heavy atom. The number of rotatable bonds is 4. The van der Waals surface area contributed by atoms with E-state index in [1.807, 2.05) is 13.0 Å². The summed E-state index contributed by atoms with van der Waals surface area (Å²) >= 11 is 0. The second-order valence-corrected chi connectivity index (χ2v) is 4.68. The molecule has 1 atom stereocenters. The van der Waals surface area contributed by atoms with Crippen molar-refractivity contribution in [3.8, 4) is 5.75 Å². The lowest BCUT2D eigenvalue weighted by atomic mass is 10.1. The van der Waals surface area contributed by atoms with E-state index >= 15 is 0 Å². The van der Waals surface area contributed by atoms with Gasteiger partial charge in [0.2, 0.25) is 0 Å². The Morgan fingerprint density at radius 3 is 2.62 bits per heavy atom. The smallest absolute Gasteiger partial charge is 0.435 e. The molecule has 0 aliphatic carbocycles. The van der Waals surface area contributed by atoms with E-state index in [4.69, 9.17) is 4.74 Å². The second kappa shape index (κ2) is 5.77. The zero-order valence-electron chi connectivity index (χ0n) is 11.6. The van der Waals surface area contributed by atoms with Gasteiger partial charge in [-0.25, -0.2) is 0 Å². The average molecular weight is 300 g/mol. The molecule has 0 fully saturated rings. The lowest BCUT2D eigenvalue weighted by Gasteiger charge is -2.15. The van der Waals surface area contributed by atoms with Crippen LogP contribution in [-0.2, 0) is 12.7 Å². The molecule has 0 aliphatic heterocycles. The summed E-state index contributed by atoms with van der Waals surface area (Å²) in [6.45, 7) is 1.77. The van der Waals surface area contributed by atoms with Gasteiger partial charge in [0.25, 0.3) is 0 Å². The number of ether oxygens (including phenoxy) is 1. The molecule has 0 saturated carbocycles. The van der Waals surface area contributed by atoms with Crippen LogP contribution < -0.4 is 4.74 Å². The highest BCUT2D eigenvalue weighted by atomic mass is 19.4. The standard InChI is InChI=1S/C14H15F3N2O2/c1-9-3-4-12(21-2)10(7-9)11(20)8-19-6-5-13(18-19)14(15,16)17/h3-7,11,20H,8H2,1-2H3. The van der Waals surface area contributed by atoms with Crippen molar-refractivity contribution >= 4 is 0 Å². The summed E-state index contributed by atoms with van der Waals surface area (Å²) in [6, 6.07) is 6.14. The molecule has 0 radical (unpaired) electrons. The molecule has 1 unspecified atom stereocenters. The quantitative estimate of drug-likeness (QED) is 0.944. The maximum absolute atomic E-state index is 12.5. The van der Waals surface area contributed by atoms with E-state index in [2.05, 4.69) is 5.10 Å². The van der Waals surface area contributed by atoms with E-state index in [9.17, 15) is 18.3 Å². The van der Waals surface area contributed by atoms with Gasteiger partial charge in [0.05, 0.1) is 13.7 Å². The predicted octanol–water partition coefficient (Wildman–Crippen LogP) is 2.95. The summed E-state index contributed by atoms with van der Waals surface area (Å²) in [4.78, 5) is 0. The highest BCUT2D eigenvalue weighted by Crippen LogP contribution is 2.29. The third-order valence-corrected chi connectivity index (χ3v) is 3.04. The number of hydrogen-bond acceptors (Lipinski definition) is 3. The number of methoxy groups -OCH3 is 1. The lowest BCUT2D eigenvalue weighted by Crippen LogP contribution is -2.13. The van der Waals surface area contributed by atoms with Crippen molar-refractivity contribution in [2.45, 2.75) is 25.7 Å². The summed E-state index contributed by atoms with van der Waals surface area (Å²) in [7, 11) is 1.47. The molecule has 7 heteroatoms. The van der Waals surface area contributed by atoms with Crippen LogP contribution in [0.15, 0.2) is 30.5 Å². The van der Waals surface area contributed by atoms with Gasteiger partial charge in [-0.2, -0.15) is 18.3 Å². The molecular formula is C14H15F3N2O2. The highest BCUT2D eigenvalue weighted by Gasteiger charge is 2.33. The lowest BCUT2D eigenvalue weighted by molar-refractivity contribution is -0.141. The first-order chi connectivity index (χ1) is 9.81. The van der Waals surface area contributed by atoms with Crippen LogP contribution in [0.2, 0.25) is 0 Å². The van der Waals surface area contributed by atoms with Crippen molar-refractivity contribution in [2.75, 3.05) is 7.11 Å². The fourth-order valence-corrected chi connectivity index (χ4v) is 2.00. The molecule has 4 nitrogen and oxygen atoms in total. The van der Waals surface area contributed by atoms with Crippen LogP contribution in [0.25, 0.3) is 0 Å². The number of benzene rings is 1. The molecule has 0 spiro atoms. The zero-order chi connectivity index (χ0) is 15.6. The molecule has 1 aromatic carbocycles. The summed E-state index contributed by atoms with van der Waals surface area (Å²) in [6.07, 6.45) is -4.31. The Kier molecular flexibility index (Phi) is 4.22.